The van der Waals surface area contributed by atoms with Gasteiger partial charge in [-0.2, -0.15) is 0 Å². The number of nitrogens with zero attached hydrogens (tertiary/aromatic N) is 2. The van der Waals surface area contributed by atoms with Crippen LogP contribution in [0.15, 0.2) is 54.9 Å². The van der Waals surface area contributed by atoms with Gasteiger partial charge in [0.25, 0.3) is 0 Å². The first-order chi connectivity index (χ1) is 10.4. The minimum absolute atomic E-state index is 0.789. The molecule has 2 aromatic heterocycles. The van der Waals surface area contributed by atoms with Crippen LogP contribution in [-0.2, 0) is 6.54 Å². The van der Waals surface area contributed by atoms with Gasteiger partial charge >= 0.3 is 0 Å². The minimum atomic E-state index is 0.789. The lowest BCUT2D eigenvalue weighted by Crippen LogP contribution is -2.12. The highest BCUT2D eigenvalue weighted by Gasteiger charge is 2.13. The Morgan fingerprint density at radius 3 is 2.57 bits per heavy atom. The molecule has 0 atom stereocenters. The maximum Gasteiger partial charge on any atom is 0.125 e. The molecule has 1 N–H and O–H groups in total. The molecule has 0 saturated heterocycles. The highest BCUT2D eigenvalue weighted by atomic mass is 32.1. The number of aromatic nitrogens is 2. The van der Waals surface area contributed by atoms with Crippen molar-refractivity contribution in [3.8, 4) is 21.0 Å². The van der Waals surface area contributed by atoms with E-state index in [0.29, 0.717) is 0 Å². The highest BCUT2D eigenvalue weighted by Crippen LogP contribution is 2.35. The summed E-state index contributed by atoms with van der Waals surface area (Å²) in [4.78, 5) is 10.2. The molecule has 21 heavy (non-hydrogen) atoms. The molecule has 1 aromatic carbocycles. The fourth-order valence-electron chi connectivity index (χ4n) is 2.14. The number of hydrogen-bond donors (Lipinski definition) is 1. The van der Waals surface area contributed by atoms with Crippen molar-refractivity contribution in [1.29, 1.82) is 0 Å². The van der Waals surface area contributed by atoms with Crippen molar-refractivity contribution in [3.05, 3.63) is 60.6 Å². The predicted octanol–water partition coefficient (Wildman–Crippen LogP) is 3.98. The van der Waals surface area contributed by atoms with Crippen LogP contribution in [0.5, 0.6) is 0 Å². The number of thiazole rings is 1. The van der Waals surface area contributed by atoms with Crippen LogP contribution in [0.25, 0.3) is 21.0 Å². The molecule has 0 aliphatic rings. The Balaban J connectivity index is 2.03. The van der Waals surface area contributed by atoms with Crippen molar-refractivity contribution in [3.63, 3.8) is 0 Å². The van der Waals surface area contributed by atoms with Gasteiger partial charge in [0.1, 0.15) is 5.01 Å². The molecule has 0 amide bonds. The topological polar surface area (TPSA) is 37.8 Å². The molecule has 4 heteroatoms. The van der Waals surface area contributed by atoms with Crippen molar-refractivity contribution in [1.82, 2.24) is 15.3 Å². The molecule has 106 valence electrons. The van der Waals surface area contributed by atoms with Gasteiger partial charge in [0, 0.05) is 24.5 Å². The zero-order valence-corrected chi connectivity index (χ0v) is 12.7. The summed E-state index contributed by atoms with van der Waals surface area (Å²) in [5.74, 6) is 0. The first-order valence-electron chi connectivity index (χ1n) is 7.04. The van der Waals surface area contributed by atoms with Crippen molar-refractivity contribution in [2.24, 2.45) is 0 Å². The summed E-state index contributed by atoms with van der Waals surface area (Å²) < 4.78 is 0. The van der Waals surface area contributed by atoms with Gasteiger partial charge in [0.2, 0.25) is 0 Å². The third-order valence-electron chi connectivity index (χ3n) is 3.18. The van der Waals surface area contributed by atoms with Crippen LogP contribution >= 0.6 is 11.3 Å². The lowest BCUT2D eigenvalue weighted by molar-refractivity contribution is 0.716. The van der Waals surface area contributed by atoms with Gasteiger partial charge in [-0.1, -0.05) is 37.3 Å². The van der Waals surface area contributed by atoms with E-state index in [4.69, 9.17) is 4.98 Å². The molecule has 0 spiro atoms. The van der Waals surface area contributed by atoms with Crippen LogP contribution < -0.4 is 5.32 Å². The minimum Gasteiger partial charge on any atom is -0.311 e. The molecule has 0 bridgehead atoms. The molecular weight excluding hydrogens is 278 g/mol. The van der Waals surface area contributed by atoms with Gasteiger partial charge in [-0.3, -0.25) is 4.98 Å². The van der Waals surface area contributed by atoms with Crippen LogP contribution in [0.1, 0.15) is 12.6 Å². The molecule has 3 aromatic rings. The summed E-state index contributed by atoms with van der Waals surface area (Å²) in [5, 5.41) is 4.39. The molecule has 2 heterocycles. The molecule has 0 aliphatic heterocycles. The Bertz CT molecular complexity index is 693. The Morgan fingerprint density at radius 2 is 1.86 bits per heavy atom. The second-order valence-corrected chi connectivity index (χ2v) is 5.68. The van der Waals surface area contributed by atoms with Gasteiger partial charge in [-0.15, -0.1) is 11.3 Å². The van der Waals surface area contributed by atoms with Crippen LogP contribution in [-0.4, -0.2) is 16.5 Å². The first-order valence-corrected chi connectivity index (χ1v) is 7.86. The number of nitrogens with one attached hydrogen (secondary N) is 1. The van der Waals surface area contributed by atoms with Crippen LogP contribution in [0, 0.1) is 0 Å². The van der Waals surface area contributed by atoms with E-state index in [1.165, 1.54) is 10.4 Å². The van der Waals surface area contributed by atoms with Crippen LogP contribution in [0.2, 0.25) is 0 Å². The summed E-state index contributed by atoms with van der Waals surface area (Å²) in [6.45, 7) is 3.84. The summed E-state index contributed by atoms with van der Waals surface area (Å²) in [6.07, 6.45) is 3.65. The van der Waals surface area contributed by atoms with E-state index in [1.807, 2.05) is 18.3 Å². The fourth-order valence-corrected chi connectivity index (χ4v) is 3.22. The number of rotatable bonds is 5. The van der Waals surface area contributed by atoms with E-state index < -0.39 is 0 Å². The van der Waals surface area contributed by atoms with E-state index in [9.17, 15) is 0 Å². The summed E-state index contributed by atoms with van der Waals surface area (Å²) in [5.41, 5.74) is 3.40. The van der Waals surface area contributed by atoms with E-state index in [-0.39, 0.29) is 0 Å². The van der Waals surface area contributed by atoms with Gasteiger partial charge in [-0.05, 0) is 24.2 Å². The quantitative estimate of drug-likeness (QED) is 0.773. The fraction of sp³-hybridized carbons (Fsp3) is 0.176. The standard InChI is InChI=1S/C17H17N3S/c1-2-18-12-15-16(13-7-4-3-5-8-13)21-17(20-15)14-9-6-10-19-11-14/h3-11,18H,2,12H2,1H3. The van der Waals surface area contributed by atoms with Gasteiger partial charge in [0.05, 0.1) is 10.6 Å². The van der Waals surface area contributed by atoms with Crippen LogP contribution in [0.4, 0.5) is 0 Å². The highest BCUT2D eigenvalue weighted by molar-refractivity contribution is 7.18. The first kappa shape index (κ1) is 13.9. The molecule has 0 aliphatic carbocycles. The van der Waals surface area contributed by atoms with E-state index in [2.05, 4.69) is 47.6 Å². The average Bonchev–Trinajstić information content (AvgIpc) is 2.99. The molecule has 0 saturated carbocycles. The van der Waals surface area contributed by atoms with E-state index >= 15 is 0 Å². The molecule has 3 nitrogen and oxygen atoms in total. The molecule has 0 radical (unpaired) electrons. The lowest BCUT2D eigenvalue weighted by atomic mass is 10.1. The molecule has 0 fully saturated rings. The van der Waals surface area contributed by atoms with Crippen molar-refractivity contribution >= 4 is 11.3 Å². The zero-order valence-electron chi connectivity index (χ0n) is 11.9. The van der Waals surface area contributed by atoms with Gasteiger partial charge < -0.3 is 5.32 Å². The SMILES string of the molecule is CCNCc1nc(-c2cccnc2)sc1-c1ccccc1. The van der Waals surface area contributed by atoms with Crippen molar-refractivity contribution in [2.75, 3.05) is 6.54 Å². The zero-order chi connectivity index (χ0) is 14.5. The van der Waals surface area contributed by atoms with Gasteiger partial charge in [0.15, 0.2) is 0 Å². The Kier molecular flexibility index (Phi) is 4.38. The van der Waals surface area contributed by atoms with Crippen LogP contribution in [0.3, 0.4) is 0 Å². The summed E-state index contributed by atoms with van der Waals surface area (Å²) in [6, 6.07) is 14.4. The molecule has 0 unspecified atom stereocenters. The summed E-state index contributed by atoms with van der Waals surface area (Å²) in [7, 11) is 0. The maximum absolute atomic E-state index is 4.81. The monoisotopic (exact) mass is 295 g/mol. The second-order valence-electron chi connectivity index (χ2n) is 4.68. The largest absolute Gasteiger partial charge is 0.311 e. The number of pyridine rings is 1. The smallest absolute Gasteiger partial charge is 0.125 e. The second kappa shape index (κ2) is 6.61. The van der Waals surface area contributed by atoms with Gasteiger partial charge in [-0.25, -0.2) is 4.98 Å². The van der Waals surface area contributed by atoms with Crippen molar-refractivity contribution < 1.29 is 0 Å². The van der Waals surface area contributed by atoms with Crippen molar-refractivity contribution in [2.45, 2.75) is 13.5 Å². The Morgan fingerprint density at radius 1 is 1.05 bits per heavy atom. The third-order valence-corrected chi connectivity index (χ3v) is 4.38. The molecular formula is C17H17N3S. The maximum atomic E-state index is 4.81. The average molecular weight is 295 g/mol. The Labute approximate surface area is 128 Å². The molecule has 3 rings (SSSR count). The van der Waals surface area contributed by atoms with E-state index in [1.54, 1.807) is 17.5 Å². The number of benzene rings is 1. The lowest BCUT2D eigenvalue weighted by Gasteiger charge is -2.02. The predicted molar refractivity (Wildman–Crippen MR) is 88.2 cm³/mol. The third kappa shape index (κ3) is 3.17. The number of hydrogen-bond acceptors (Lipinski definition) is 4. The normalized spacial score (nSPS) is 10.7. The summed E-state index contributed by atoms with van der Waals surface area (Å²) >= 11 is 1.73. The Hall–Kier alpha value is -2.04. The van der Waals surface area contributed by atoms with E-state index in [0.717, 1.165) is 29.4 Å².